The molecule has 0 aromatic heterocycles. The molecule has 1 nitrogen and oxygen atoms in total. The van der Waals surface area contributed by atoms with Crippen LogP contribution in [-0.2, 0) is 0 Å². The Morgan fingerprint density at radius 3 is 1.45 bits per heavy atom. The topological polar surface area (TPSA) is 20.2 Å². The van der Waals surface area contributed by atoms with Gasteiger partial charge in [-0.05, 0) is 51.4 Å². The van der Waals surface area contributed by atoms with E-state index in [1.807, 2.05) is 0 Å². The molecule has 0 aromatic rings. The molecule has 1 N–H and O–H groups in total. The number of aliphatic hydroxyl groups is 1. The SMILES string of the molecule is CC/C=C/C/C=C/C/C=C/C/C=C/C/C=C/CCCCCO. The van der Waals surface area contributed by atoms with Crippen LogP contribution in [-0.4, -0.2) is 11.7 Å². The molecule has 0 spiro atoms. The minimum absolute atomic E-state index is 0.325. The lowest BCUT2D eigenvalue weighted by atomic mass is 10.2. The van der Waals surface area contributed by atoms with Crippen molar-refractivity contribution in [2.24, 2.45) is 0 Å². The van der Waals surface area contributed by atoms with E-state index in [1.54, 1.807) is 0 Å². The average molecular weight is 303 g/mol. The van der Waals surface area contributed by atoms with E-state index in [0.717, 1.165) is 51.4 Å². The summed E-state index contributed by atoms with van der Waals surface area (Å²) in [5.41, 5.74) is 0. The van der Waals surface area contributed by atoms with Crippen LogP contribution in [0.3, 0.4) is 0 Å². The third kappa shape index (κ3) is 18.7. The predicted octanol–water partition coefficient (Wildman–Crippen LogP) is 6.29. The minimum atomic E-state index is 0.325. The molecule has 22 heavy (non-hydrogen) atoms. The fourth-order valence-electron chi connectivity index (χ4n) is 1.92. The van der Waals surface area contributed by atoms with Crippen molar-refractivity contribution in [1.82, 2.24) is 0 Å². The highest BCUT2D eigenvalue weighted by Crippen LogP contribution is 2.01. The Kier molecular flexibility index (Phi) is 18.5. The molecule has 0 heterocycles. The first-order valence-corrected chi connectivity index (χ1v) is 8.77. The lowest BCUT2D eigenvalue weighted by Crippen LogP contribution is -1.81. The quantitative estimate of drug-likeness (QED) is 0.295. The van der Waals surface area contributed by atoms with Crippen LogP contribution in [0.2, 0.25) is 0 Å². The number of hydrogen-bond donors (Lipinski definition) is 1. The fraction of sp³-hybridized carbons (Fsp3) is 0.524. The van der Waals surface area contributed by atoms with Gasteiger partial charge in [0.1, 0.15) is 0 Å². The van der Waals surface area contributed by atoms with Gasteiger partial charge < -0.3 is 5.11 Å². The Morgan fingerprint density at radius 1 is 0.545 bits per heavy atom. The maximum absolute atomic E-state index is 8.66. The van der Waals surface area contributed by atoms with Crippen LogP contribution >= 0.6 is 0 Å². The first kappa shape index (κ1) is 20.7. The third-order valence-electron chi connectivity index (χ3n) is 3.19. The molecule has 0 aliphatic carbocycles. The second kappa shape index (κ2) is 19.7. The number of aliphatic hydroxyl groups excluding tert-OH is 1. The number of hydrogen-bond acceptors (Lipinski definition) is 1. The second-order valence-electron chi connectivity index (χ2n) is 5.28. The Labute approximate surface area is 137 Å². The van der Waals surface area contributed by atoms with Crippen molar-refractivity contribution in [2.75, 3.05) is 6.61 Å². The average Bonchev–Trinajstić information content (AvgIpc) is 2.54. The second-order valence-corrected chi connectivity index (χ2v) is 5.28. The summed E-state index contributed by atoms with van der Waals surface area (Å²) in [4.78, 5) is 0. The van der Waals surface area contributed by atoms with Crippen LogP contribution in [0.5, 0.6) is 0 Å². The Morgan fingerprint density at radius 2 is 1.00 bits per heavy atom. The van der Waals surface area contributed by atoms with E-state index >= 15 is 0 Å². The monoisotopic (exact) mass is 302 g/mol. The fourth-order valence-corrected chi connectivity index (χ4v) is 1.92. The van der Waals surface area contributed by atoms with E-state index in [0.29, 0.717) is 6.61 Å². The van der Waals surface area contributed by atoms with E-state index in [1.165, 1.54) is 6.42 Å². The molecule has 0 bridgehead atoms. The Hall–Kier alpha value is -1.34. The van der Waals surface area contributed by atoms with E-state index in [9.17, 15) is 0 Å². The zero-order valence-corrected chi connectivity index (χ0v) is 14.3. The van der Waals surface area contributed by atoms with E-state index < -0.39 is 0 Å². The first-order chi connectivity index (χ1) is 10.9. The molecular weight excluding hydrogens is 268 g/mol. The van der Waals surface area contributed by atoms with Gasteiger partial charge in [-0.25, -0.2) is 0 Å². The lowest BCUT2D eigenvalue weighted by molar-refractivity contribution is 0.283. The number of rotatable bonds is 14. The molecule has 0 radical (unpaired) electrons. The highest BCUT2D eigenvalue weighted by Gasteiger charge is 1.84. The van der Waals surface area contributed by atoms with Crippen molar-refractivity contribution in [3.05, 3.63) is 60.8 Å². The summed E-state index contributed by atoms with van der Waals surface area (Å²) in [5, 5.41) is 8.66. The predicted molar refractivity (Wildman–Crippen MR) is 100 cm³/mol. The van der Waals surface area contributed by atoms with Crippen LogP contribution in [0.25, 0.3) is 0 Å². The Bertz CT molecular complexity index is 345. The zero-order valence-electron chi connectivity index (χ0n) is 14.3. The summed E-state index contributed by atoms with van der Waals surface area (Å²) >= 11 is 0. The molecule has 0 atom stereocenters. The van der Waals surface area contributed by atoms with E-state index in [4.69, 9.17) is 5.11 Å². The summed E-state index contributed by atoms with van der Waals surface area (Å²) in [6.07, 6.45) is 31.9. The molecule has 0 rings (SSSR count). The molecule has 0 aliphatic heterocycles. The summed E-state index contributed by atoms with van der Waals surface area (Å²) in [5.74, 6) is 0. The highest BCUT2D eigenvalue weighted by molar-refractivity contribution is 5.00. The van der Waals surface area contributed by atoms with Gasteiger partial charge in [-0.2, -0.15) is 0 Å². The molecule has 124 valence electrons. The van der Waals surface area contributed by atoms with Gasteiger partial charge in [0.2, 0.25) is 0 Å². The van der Waals surface area contributed by atoms with Crippen molar-refractivity contribution in [2.45, 2.75) is 64.7 Å². The molecule has 1 heteroatoms. The first-order valence-electron chi connectivity index (χ1n) is 8.77. The van der Waals surface area contributed by atoms with Crippen molar-refractivity contribution >= 4 is 0 Å². The van der Waals surface area contributed by atoms with Crippen molar-refractivity contribution < 1.29 is 5.11 Å². The zero-order chi connectivity index (χ0) is 16.1. The van der Waals surface area contributed by atoms with Crippen LogP contribution in [0.4, 0.5) is 0 Å². The number of unbranched alkanes of at least 4 members (excludes halogenated alkanes) is 3. The van der Waals surface area contributed by atoms with Gasteiger partial charge in [0.25, 0.3) is 0 Å². The molecule has 0 amide bonds. The van der Waals surface area contributed by atoms with Crippen molar-refractivity contribution in [1.29, 1.82) is 0 Å². The summed E-state index contributed by atoms with van der Waals surface area (Å²) in [7, 11) is 0. The van der Waals surface area contributed by atoms with Gasteiger partial charge in [0.05, 0.1) is 0 Å². The van der Waals surface area contributed by atoms with Crippen LogP contribution in [0, 0.1) is 0 Å². The van der Waals surface area contributed by atoms with E-state index in [-0.39, 0.29) is 0 Å². The molecule has 0 aliphatic rings. The van der Waals surface area contributed by atoms with Gasteiger partial charge in [0, 0.05) is 6.61 Å². The summed E-state index contributed by atoms with van der Waals surface area (Å²) < 4.78 is 0. The highest BCUT2D eigenvalue weighted by atomic mass is 16.2. The maximum Gasteiger partial charge on any atom is 0.0431 e. The molecule has 0 fully saturated rings. The van der Waals surface area contributed by atoms with Crippen LogP contribution < -0.4 is 0 Å². The normalized spacial score (nSPS) is 13.0. The maximum atomic E-state index is 8.66. The van der Waals surface area contributed by atoms with Crippen LogP contribution in [0.1, 0.15) is 64.7 Å². The Balaban J connectivity index is 3.40. The van der Waals surface area contributed by atoms with Crippen molar-refractivity contribution in [3.8, 4) is 0 Å². The van der Waals surface area contributed by atoms with Crippen LogP contribution in [0.15, 0.2) is 60.8 Å². The van der Waals surface area contributed by atoms with Gasteiger partial charge >= 0.3 is 0 Å². The molecular formula is C21H34O. The van der Waals surface area contributed by atoms with E-state index in [2.05, 4.69) is 67.7 Å². The molecule has 0 saturated carbocycles. The van der Waals surface area contributed by atoms with Gasteiger partial charge in [-0.3, -0.25) is 0 Å². The summed E-state index contributed by atoms with van der Waals surface area (Å²) in [6, 6.07) is 0. The number of allylic oxidation sites excluding steroid dienone is 10. The molecule has 0 aromatic carbocycles. The van der Waals surface area contributed by atoms with Gasteiger partial charge in [-0.1, -0.05) is 74.1 Å². The minimum Gasteiger partial charge on any atom is -0.396 e. The van der Waals surface area contributed by atoms with Gasteiger partial charge in [-0.15, -0.1) is 0 Å². The largest absolute Gasteiger partial charge is 0.396 e. The van der Waals surface area contributed by atoms with Crippen molar-refractivity contribution in [3.63, 3.8) is 0 Å². The molecule has 0 unspecified atom stereocenters. The standard InChI is InChI=1S/C21H34O/c1-2-3-4-5-6-7-8-9-10-11-12-13-14-15-16-17-18-19-20-21-22/h3-4,6-7,9-10,12-13,15-16,22H,2,5,8,11,14,17-21H2,1H3/b4-3+,7-6+,10-9+,13-12+,16-15+. The third-order valence-corrected chi connectivity index (χ3v) is 3.19. The smallest absolute Gasteiger partial charge is 0.0431 e. The lowest BCUT2D eigenvalue weighted by Gasteiger charge is -1.93. The summed E-state index contributed by atoms with van der Waals surface area (Å²) in [6.45, 7) is 2.48. The van der Waals surface area contributed by atoms with Gasteiger partial charge in [0.15, 0.2) is 0 Å². The molecule has 0 saturated heterocycles.